The van der Waals surface area contributed by atoms with Gasteiger partial charge in [-0.25, -0.2) is 5.84 Å². The minimum Gasteiger partial charge on any atom is -0.294 e. The third kappa shape index (κ3) is 5.65. The van der Waals surface area contributed by atoms with Gasteiger partial charge in [-0.2, -0.15) is 11.8 Å². The maximum Gasteiger partial charge on any atom is 0.234 e. The van der Waals surface area contributed by atoms with E-state index in [1.807, 2.05) is 0 Å². The molecule has 0 aliphatic rings. The minimum atomic E-state index is -0.0871. The topological polar surface area (TPSA) is 55.1 Å². The van der Waals surface area contributed by atoms with E-state index in [1.165, 1.54) is 0 Å². The van der Waals surface area contributed by atoms with E-state index >= 15 is 0 Å². The summed E-state index contributed by atoms with van der Waals surface area (Å²) in [5, 5.41) is 0. The lowest BCUT2D eigenvalue weighted by molar-refractivity contribution is -0.120. The molecule has 9 heavy (non-hydrogen) atoms. The van der Waals surface area contributed by atoms with Crippen molar-refractivity contribution in [2.24, 2.45) is 5.84 Å². The van der Waals surface area contributed by atoms with Crippen LogP contribution in [0.25, 0.3) is 0 Å². The zero-order valence-corrected chi connectivity index (χ0v) is 6.33. The van der Waals surface area contributed by atoms with Crippen molar-refractivity contribution in [3.63, 3.8) is 0 Å². The molecule has 0 fully saturated rings. The SMILES string of the molecule is CCSCCC(=O)NN. The summed E-state index contributed by atoms with van der Waals surface area (Å²) in [6, 6.07) is 0. The molecule has 0 bridgehead atoms. The first-order chi connectivity index (χ1) is 4.31. The van der Waals surface area contributed by atoms with E-state index in [0.29, 0.717) is 6.42 Å². The number of carbonyl (C=O) groups excluding carboxylic acids is 1. The highest BCUT2D eigenvalue weighted by Gasteiger charge is 1.94. The molecule has 0 saturated heterocycles. The number of hydrogen-bond donors (Lipinski definition) is 2. The Morgan fingerprint density at radius 2 is 2.44 bits per heavy atom. The van der Waals surface area contributed by atoms with Gasteiger partial charge in [-0.05, 0) is 5.75 Å². The molecule has 3 nitrogen and oxygen atoms in total. The molecular formula is C5H12N2OS. The number of nitrogens with one attached hydrogen (secondary N) is 1. The summed E-state index contributed by atoms with van der Waals surface area (Å²) in [7, 11) is 0. The van der Waals surface area contributed by atoms with Crippen LogP contribution in [0.4, 0.5) is 0 Å². The third-order valence-corrected chi connectivity index (χ3v) is 1.74. The Morgan fingerprint density at radius 3 is 2.89 bits per heavy atom. The molecule has 0 saturated carbocycles. The lowest BCUT2D eigenvalue weighted by Crippen LogP contribution is -2.30. The van der Waals surface area contributed by atoms with E-state index in [0.717, 1.165) is 11.5 Å². The van der Waals surface area contributed by atoms with Gasteiger partial charge in [-0.15, -0.1) is 0 Å². The smallest absolute Gasteiger partial charge is 0.234 e. The van der Waals surface area contributed by atoms with Crippen molar-refractivity contribution in [1.82, 2.24) is 5.43 Å². The summed E-state index contributed by atoms with van der Waals surface area (Å²) >= 11 is 1.74. The second-order valence-electron chi connectivity index (χ2n) is 1.51. The standard InChI is InChI=1S/C5H12N2OS/c1-2-9-4-3-5(8)7-6/h2-4,6H2,1H3,(H,7,8). The van der Waals surface area contributed by atoms with Crippen LogP contribution in [0.2, 0.25) is 0 Å². The second-order valence-corrected chi connectivity index (χ2v) is 2.91. The van der Waals surface area contributed by atoms with E-state index in [1.54, 1.807) is 11.8 Å². The second kappa shape index (κ2) is 5.91. The van der Waals surface area contributed by atoms with E-state index < -0.39 is 0 Å². The molecule has 0 rings (SSSR count). The number of hydrogen-bond acceptors (Lipinski definition) is 3. The van der Waals surface area contributed by atoms with Crippen LogP contribution in [0.1, 0.15) is 13.3 Å². The fraction of sp³-hybridized carbons (Fsp3) is 0.800. The number of carbonyl (C=O) groups is 1. The summed E-state index contributed by atoms with van der Waals surface area (Å²) in [6.07, 6.45) is 0.523. The molecule has 1 amide bonds. The van der Waals surface area contributed by atoms with Crippen LogP contribution in [0, 0.1) is 0 Å². The minimum absolute atomic E-state index is 0.0871. The van der Waals surface area contributed by atoms with E-state index in [9.17, 15) is 4.79 Å². The molecule has 0 aromatic carbocycles. The Labute approximate surface area is 59.3 Å². The number of amides is 1. The van der Waals surface area contributed by atoms with Crippen LogP contribution in [-0.2, 0) is 4.79 Å². The van der Waals surface area contributed by atoms with Crippen molar-refractivity contribution in [2.75, 3.05) is 11.5 Å². The lowest BCUT2D eigenvalue weighted by atomic mass is 10.5. The molecule has 0 unspecified atom stereocenters. The first kappa shape index (κ1) is 8.78. The number of nitrogens with two attached hydrogens (primary N) is 1. The zero-order chi connectivity index (χ0) is 7.11. The lowest BCUT2D eigenvalue weighted by Gasteiger charge is -1.96. The molecule has 0 radical (unpaired) electrons. The molecule has 4 heteroatoms. The van der Waals surface area contributed by atoms with Crippen molar-refractivity contribution >= 4 is 17.7 Å². The predicted molar refractivity (Wildman–Crippen MR) is 39.9 cm³/mol. The van der Waals surface area contributed by atoms with E-state index in [-0.39, 0.29) is 5.91 Å². The maximum atomic E-state index is 10.4. The Morgan fingerprint density at radius 1 is 1.78 bits per heavy atom. The van der Waals surface area contributed by atoms with Gasteiger partial charge in [0.25, 0.3) is 0 Å². The largest absolute Gasteiger partial charge is 0.294 e. The maximum absolute atomic E-state index is 10.4. The summed E-state index contributed by atoms with van der Waals surface area (Å²) in [5.41, 5.74) is 2.07. The Hall–Kier alpha value is -0.220. The normalized spacial score (nSPS) is 9.11. The van der Waals surface area contributed by atoms with Gasteiger partial charge in [0.15, 0.2) is 0 Å². The molecule has 0 aromatic rings. The van der Waals surface area contributed by atoms with Gasteiger partial charge in [-0.3, -0.25) is 10.2 Å². The Bertz CT molecular complexity index is 87.0. The van der Waals surface area contributed by atoms with Gasteiger partial charge in [0, 0.05) is 12.2 Å². The number of thioether (sulfide) groups is 1. The highest BCUT2D eigenvalue weighted by molar-refractivity contribution is 7.99. The van der Waals surface area contributed by atoms with Crippen molar-refractivity contribution in [3.8, 4) is 0 Å². The summed E-state index contributed by atoms with van der Waals surface area (Å²) in [5.74, 6) is 6.67. The van der Waals surface area contributed by atoms with Crippen molar-refractivity contribution in [3.05, 3.63) is 0 Å². The van der Waals surface area contributed by atoms with Crippen LogP contribution in [-0.4, -0.2) is 17.4 Å². The monoisotopic (exact) mass is 148 g/mol. The van der Waals surface area contributed by atoms with Crippen LogP contribution in [0.15, 0.2) is 0 Å². The first-order valence-corrected chi connectivity index (χ1v) is 4.04. The Kier molecular flexibility index (Phi) is 5.76. The molecular weight excluding hydrogens is 136 g/mol. The van der Waals surface area contributed by atoms with Gasteiger partial charge >= 0.3 is 0 Å². The highest BCUT2D eigenvalue weighted by Crippen LogP contribution is 1.99. The van der Waals surface area contributed by atoms with E-state index in [4.69, 9.17) is 5.84 Å². The quantitative estimate of drug-likeness (QED) is 0.258. The van der Waals surface area contributed by atoms with Crippen molar-refractivity contribution in [1.29, 1.82) is 0 Å². The average molecular weight is 148 g/mol. The van der Waals surface area contributed by atoms with Crippen LogP contribution in [0.3, 0.4) is 0 Å². The molecule has 0 aliphatic heterocycles. The van der Waals surface area contributed by atoms with Gasteiger partial charge in [0.05, 0.1) is 0 Å². The van der Waals surface area contributed by atoms with Crippen LogP contribution < -0.4 is 11.3 Å². The summed E-state index contributed by atoms with van der Waals surface area (Å²) < 4.78 is 0. The average Bonchev–Trinajstić information content (AvgIpc) is 1.89. The number of hydrazine groups is 1. The first-order valence-electron chi connectivity index (χ1n) is 2.88. The number of rotatable bonds is 4. The molecule has 0 spiro atoms. The van der Waals surface area contributed by atoms with Gasteiger partial charge in [-0.1, -0.05) is 6.92 Å². The fourth-order valence-electron chi connectivity index (χ4n) is 0.381. The fourth-order valence-corrected chi connectivity index (χ4v) is 1.000. The highest BCUT2D eigenvalue weighted by atomic mass is 32.2. The van der Waals surface area contributed by atoms with Gasteiger partial charge < -0.3 is 0 Å². The molecule has 0 aromatic heterocycles. The predicted octanol–water partition coefficient (Wildman–Crippen LogP) is 0.120. The van der Waals surface area contributed by atoms with Crippen LogP contribution in [0.5, 0.6) is 0 Å². The van der Waals surface area contributed by atoms with Gasteiger partial charge in [0.1, 0.15) is 0 Å². The van der Waals surface area contributed by atoms with E-state index in [2.05, 4.69) is 12.3 Å². The molecule has 54 valence electrons. The van der Waals surface area contributed by atoms with Gasteiger partial charge in [0.2, 0.25) is 5.91 Å². The molecule has 0 atom stereocenters. The van der Waals surface area contributed by atoms with Crippen LogP contribution >= 0.6 is 11.8 Å². The third-order valence-electron chi connectivity index (χ3n) is 0.839. The van der Waals surface area contributed by atoms with Crippen molar-refractivity contribution < 1.29 is 4.79 Å². The zero-order valence-electron chi connectivity index (χ0n) is 5.52. The summed E-state index contributed by atoms with van der Waals surface area (Å²) in [6.45, 7) is 2.06. The Balaban J connectivity index is 2.97. The molecule has 0 aliphatic carbocycles. The summed E-state index contributed by atoms with van der Waals surface area (Å²) in [4.78, 5) is 10.4. The van der Waals surface area contributed by atoms with Crippen molar-refractivity contribution in [2.45, 2.75) is 13.3 Å². The molecule has 0 heterocycles. The molecule has 3 N–H and O–H groups in total.